The van der Waals surface area contributed by atoms with E-state index in [4.69, 9.17) is 4.52 Å². The molecule has 224 valence electrons. The summed E-state index contributed by atoms with van der Waals surface area (Å²) < 4.78 is 36.0. The van der Waals surface area contributed by atoms with Gasteiger partial charge in [0.15, 0.2) is 0 Å². The zero-order valence-corrected chi connectivity index (χ0v) is 24.5. The molecule has 2 aromatic heterocycles. The first-order valence-corrected chi connectivity index (χ1v) is 15.8. The van der Waals surface area contributed by atoms with Crippen molar-refractivity contribution in [3.63, 3.8) is 0 Å². The molecule has 0 amide bonds. The average molecular weight is 596 g/mol. The monoisotopic (exact) mass is 595 g/mol. The molecule has 0 bridgehead atoms. The second-order valence-electron chi connectivity index (χ2n) is 10.8. The summed E-state index contributed by atoms with van der Waals surface area (Å²) in [7, 11) is -3.84. The Kier molecular flexibility index (Phi) is 9.50. The standard InChI is InChI=1S/C29H37N7O5S/c1-21-27(20-41-31-21)28(37)19-30-17-16-23-8-10-24(11-9-23)32-42(39,40)26-14-12-25(13-15-26)36-29(38)35(33-34-36)18-4-7-22-5-2-3-6-22/h8-15,20,22,28,30,32,37H,2-7,16-19H2,1H3. The number of hydrogen-bond donors (Lipinski definition) is 3. The first-order chi connectivity index (χ1) is 20.3. The molecule has 3 N–H and O–H groups in total. The van der Waals surface area contributed by atoms with Crippen LogP contribution in [0.2, 0.25) is 0 Å². The fourth-order valence-electron chi connectivity index (χ4n) is 5.33. The van der Waals surface area contributed by atoms with Gasteiger partial charge in [0.05, 0.1) is 22.4 Å². The van der Waals surface area contributed by atoms with Crippen molar-refractivity contribution in [1.29, 1.82) is 0 Å². The van der Waals surface area contributed by atoms with E-state index < -0.39 is 16.1 Å². The van der Waals surface area contributed by atoms with Gasteiger partial charge in [-0.3, -0.25) is 4.72 Å². The molecule has 4 aromatic rings. The molecule has 1 unspecified atom stereocenters. The first kappa shape index (κ1) is 29.7. The Morgan fingerprint density at radius 1 is 1.07 bits per heavy atom. The average Bonchev–Trinajstić information content (AvgIpc) is 3.74. The molecule has 1 atom stereocenters. The van der Waals surface area contributed by atoms with Crippen LogP contribution in [0.15, 0.2) is 69.0 Å². The Labute approximate surface area is 244 Å². The maximum absolute atomic E-state index is 13.0. The van der Waals surface area contributed by atoms with Crippen molar-refractivity contribution >= 4 is 15.7 Å². The van der Waals surface area contributed by atoms with E-state index in [0.29, 0.717) is 48.7 Å². The van der Waals surface area contributed by atoms with Gasteiger partial charge in [-0.05, 0) is 91.0 Å². The summed E-state index contributed by atoms with van der Waals surface area (Å²) in [5.41, 5.74) is 2.89. The number of nitrogens with zero attached hydrogens (tertiary/aromatic N) is 5. The fraction of sp³-hybridized carbons (Fsp3) is 0.448. The van der Waals surface area contributed by atoms with E-state index in [1.54, 1.807) is 31.2 Å². The molecule has 1 fully saturated rings. The minimum absolute atomic E-state index is 0.0677. The van der Waals surface area contributed by atoms with Gasteiger partial charge in [0.25, 0.3) is 10.0 Å². The van der Waals surface area contributed by atoms with E-state index in [2.05, 4.69) is 25.6 Å². The van der Waals surface area contributed by atoms with Crippen LogP contribution in [0.5, 0.6) is 0 Å². The number of benzene rings is 2. The zero-order valence-electron chi connectivity index (χ0n) is 23.6. The van der Waals surface area contributed by atoms with Gasteiger partial charge in [-0.15, -0.1) is 0 Å². The number of anilines is 1. The Morgan fingerprint density at radius 2 is 1.81 bits per heavy atom. The maximum atomic E-state index is 13.0. The molecule has 5 rings (SSSR count). The highest BCUT2D eigenvalue weighted by Gasteiger charge is 2.18. The zero-order chi connectivity index (χ0) is 29.5. The smallest absolute Gasteiger partial charge is 0.368 e. The van der Waals surface area contributed by atoms with Crippen molar-refractivity contribution in [2.75, 3.05) is 17.8 Å². The van der Waals surface area contributed by atoms with Crippen LogP contribution in [0.1, 0.15) is 61.4 Å². The summed E-state index contributed by atoms with van der Waals surface area (Å²) in [5.74, 6) is 0.751. The number of nitrogens with one attached hydrogen (secondary N) is 2. The summed E-state index contributed by atoms with van der Waals surface area (Å²) in [6, 6.07) is 13.1. The van der Waals surface area contributed by atoms with Gasteiger partial charge in [-0.25, -0.2) is 13.2 Å². The molecule has 1 saturated carbocycles. The molecule has 0 spiro atoms. The number of rotatable bonds is 14. The summed E-state index contributed by atoms with van der Waals surface area (Å²) in [4.78, 5) is 12.8. The third-order valence-corrected chi connectivity index (χ3v) is 9.17. The molecule has 0 saturated heterocycles. The predicted molar refractivity (Wildman–Crippen MR) is 157 cm³/mol. The highest BCUT2D eigenvalue weighted by molar-refractivity contribution is 7.92. The lowest BCUT2D eigenvalue weighted by Crippen LogP contribution is -2.24. The molecular formula is C29H37N7O5S. The number of aromatic nitrogens is 5. The predicted octanol–water partition coefficient (Wildman–Crippen LogP) is 3.36. The highest BCUT2D eigenvalue weighted by atomic mass is 32.2. The van der Waals surface area contributed by atoms with E-state index in [-0.39, 0.29) is 10.6 Å². The van der Waals surface area contributed by atoms with Crippen molar-refractivity contribution in [1.82, 2.24) is 30.3 Å². The number of aliphatic hydroxyl groups is 1. The molecule has 42 heavy (non-hydrogen) atoms. The Hall–Kier alpha value is -3.81. The van der Waals surface area contributed by atoms with Gasteiger partial charge in [-0.1, -0.05) is 43.0 Å². The van der Waals surface area contributed by atoms with Crippen molar-refractivity contribution in [2.24, 2.45) is 5.92 Å². The minimum Gasteiger partial charge on any atom is -0.387 e. The van der Waals surface area contributed by atoms with Crippen LogP contribution in [0.3, 0.4) is 0 Å². The van der Waals surface area contributed by atoms with Crippen LogP contribution in [0.4, 0.5) is 5.69 Å². The second-order valence-corrected chi connectivity index (χ2v) is 12.5. The van der Waals surface area contributed by atoms with Crippen molar-refractivity contribution < 1.29 is 18.0 Å². The van der Waals surface area contributed by atoms with Gasteiger partial charge in [-0.2, -0.15) is 9.36 Å². The van der Waals surface area contributed by atoms with Crippen molar-refractivity contribution in [3.8, 4) is 5.69 Å². The van der Waals surface area contributed by atoms with Crippen LogP contribution >= 0.6 is 0 Å². The van der Waals surface area contributed by atoms with Crippen LogP contribution in [-0.2, 0) is 23.0 Å². The largest absolute Gasteiger partial charge is 0.387 e. The normalized spacial score (nSPS) is 14.8. The number of hydrogen-bond acceptors (Lipinski definition) is 9. The van der Waals surface area contributed by atoms with E-state index >= 15 is 0 Å². The van der Waals surface area contributed by atoms with Gasteiger partial charge in [0.2, 0.25) is 0 Å². The lowest BCUT2D eigenvalue weighted by molar-refractivity contribution is 0.173. The number of aryl methyl sites for hydroxylation is 2. The summed E-state index contributed by atoms with van der Waals surface area (Å²) in [6.45, 7) is 3.30. The van der Waals surface area contributed by atoms with Crippen LogP contribution in [-0.4, -0.2) is 51.6 Å². The molecule has 2 heterocycles. The van der Waals surface area contributed by atoms with Gasteiger partial charge in [0.1, 0.15) is 6.26 Å². The van der Waals surface area contributed by atoms with Gasteiger partial charge < -0.3 is 14.9 Å². The molecular weight excluding hydrogens is 558 g/mol. The SMILES string of the molecule is Cc1nocc1C(O)CNCCc1ccc(NS(=O)(=O)c2ccc(-n3nnn(CCCC4CCCC4)c3=O)cc2)cc1. The number of sulfonamides is 1. The lowest BCUT2D eigenvalue weighted by atomic mass is 10.0. The van der Waals surface area contributed by atoms with E-state index in [0.717, 1.165) is 24.3 Å². The van der Waals surface area contributed by atoms with Crippen molar-refractivity contribution in [3.05, 3.63) is 82.1 Å². The van der Waals surface area contributed by atoms with E-state index in [1.807, 2.05) is 12.1 Å². The van der Waals surface area contributed by atoms with Crippen LogP contribution in [0, 0.1) is 12.8 Å². The molecule has 2 aromatic carbocycles. The lowest BCUT2D eigenvalue weighted by Gasteiger charge is -2.11. The van der Waals surface area contributed by atoms with E-state index in [9.17, 15) is 18.3 Å². The summed E-state index contributed by atoms with van der Waals surface area (Å²) >= 11 is 0. The Morgan fingerprint density at radius 3 is 2.50 bits per heavy atom. The second kappa shape index (κ2) is 13.4. The molecule has 1 aliphatic carbocycles. The molecule has 13 heteroatoms. The topological polar surface area (TPSA) is 157 Å². The summed E-state index contributed by atoms with van der Waals surface area (Å²) in [6.07, 6.45) is 8.57. The minimum atomic E-state index is -3.84. The molecule has 12 nitrogen and oxygen atoms in total. The van der Waals surface area contributed by atoms with Crippen molar-refractivity contribution in [2.45, 2.75) is 69.4 Å². The quantitative estimate of drug-likeness (QED) is 0.186. The molecule has 1 aliphatic rings. The molecule has 0 radical (unpaired) electrons. The number of aliphatic hydroxyl groups excluding tert-OH is 1. The van der Waals surface area contributed by atoms with Crippen LogP contribution < -0.4 is 15.7 Å². The Bertz CT molecular complexity index is 1600. The van der Waals surface area contributed by atoms with Gasteiger partial charge in [0, 0.05) is 24.3 Å². The van der Waals surface area contributed by atoms with Gasteiger partial charge >= 0.3 is 5.69 Å². The highest BCUT2D eigenvalue weighted by Crippen LogP contribution is 2.28. The third-order valence-electron chi connectivity index (χ3n) is 7.77. The van der Waals surface area contributed by atoms with Crippen LogP contribution in [0.25, 0.3) is 5.69 Å². The fourth-order valence-corrected chi connectivity index (χ4v) is 6.39. The van der Waals surface area contributed by atoms with E-state index in [1.165, 1.54) is 53.4 Å². The summed E-state index contributed by atoms with van der Waals surface area (Å²) in [5, 5.41) is 25.2. The molecule has 0 aliphatic heterocycles. The Balaban J connectivity index is 1.11. The number of tetrazole rings is 1. The maximum Gasteiger partial charge on any atom is 0.368 e. The third kappa shape index (κ3) is 7.33. The first-order valence-electron chi connectivity index (χ1n) is 14.3.